The molecular weight excluding hydrogens is 416 g/mol. The van der Waals surface area contributed by atoms with Gasteiger partial charge in [-0.3, -0.25) is 14.5 Å². The lowest BCUT2D eigenvalue weighted by Crippen LogP contribution is -2.34. The molecule has 3 aromatic rings. The van der Waals surface area contributed by atoms with Crippen LogP contribution < -0.4 is 14.8 Å². The minimum absolute atomic E-state index is 0.0226. The van der Waals surface area contributed by atoms with E-state index < -0.39 is 10.0 Å². The van der Waals surface area contributed by atoms with E-state index in [9.17, 15) is 18.4 Å². The highest BCUT2D eigenvalue weighted by Gasteiger charge is 2.36. The van der Waals surface area contributed by atoms with Crippen LogP contribution in [0.5, 0.6) is 0 Å². The fourth-order valence-electron chi connectivity index (χ4n) is 3.86. The van der Waals surface area contributed by atoms with Crippen molar-refractivity contribution in [3.63, 3.8) is 0 Å². The Hall–Kier alpha value is -3.07. The molecule has 0 radical (unpaired) electrons. The van der Waals surface area contributed by atoms with E-state index in [0.29, 0.717) is 28.9 Å². The van der Waals surface area contributed by atoms with Gasteiger partial charge in [-0.2, -0.15) is 0 Å². The topological polar surface area (TPSA) is 118 Å². The Morgan fingerprint density at radius 1 is 1.10 bits per heavy atom. The first kappa shape index (κ1) is 19.9. The molecule has 0 unspecified atom stereocenters. The van der Waals surface area contributed by atoms with Gasteiger partial charge in [0.15, 0.2) is 0 Å². The molecule has 0 atom stereocenters. The molecule has 2 fully saturated rings. The summed E-state index contributed by atoms with van der Waals surface area (Å²) in [4.78, 5) is 15.2. The molecule has 9 heteroatoms. The van der Waals surface area contributed by atoms with E-state index in [4.69, 9.17) is 0 Å². The van der Waals surface area contributed by atoms with E-state index in [1.807, 2.05) is 26.0 Å². The predicted molar refractivity (Wildman–Crippen MR) is 119 cm³/mol. The van der Waals surface area contributed by atoms with Crippen molar-refractivity contribution in [2.24, 2.45) is 5.92 Å². The number of rotatable bonds is 6. The van der Waals surface area contributed by atoms with E-state index in [-0.39, 0.29) is 22.9 Å². The predicted octanol–water partition coefficient (Wildman–Crippen LogP) is 3.34. The van der Waals surface area contributed by atoms with Crippen LogP contribution in [0.2, 0.25) is 0 Å². The number of hydrogen-bond acceptors (Lipinski definition) is 4. The first-order valence-corrected chi connectivity index (χ1v) is 12.0. The number of fused-ring (bicyclic) bond motifs is 1. The number of sulfonamides is 1. The molecule has 0 aliphatic heterocycles. The zero-order valence-electron chi connectivity index (χ0n) is 17.4. The van der Waals surface area contributed by atoms with Gasteiger partial charge in [0, 0.05) is 11.6 Å². The number of H-pyrrole nitrogens is 1. The lowest BCUT2D eigenvalue weighted by atomic mass is 9.94. The van der Waals surface area contributed by atoms with Gasteiger partial charge in [-0.15, -0.1) is 0 Å². The number of aromatic amines is 1. The Balaban J connectivity index is 1.58. The molecule has 3 N–H and O–H groups in total. The van der Waals surface area contributed by atoms with Gasteiger partial charge in [-0.1, -0.05) is 6.07 Å². The van der Waals surface area contributed by atoms with Gasteiger partial charge in [-0.05, 0) is 68.4 Å². The molecule has 2 saturated carbocycles. The highest BCUT2D eigenvalue weighted by molar-refractivity contribution is 7.93. The second-order valence-corrected chi connectivity index (χ2v) is 10.5. The average Bonchev–Trinajstić information content (AvgIpc) is 3.64. The van der Waals surface area contributed by atoms with Crippen molar-refractivity contribution >= 4 is 38.5 Å². The van der Waals surface area contributed by atoms with E-state index in [2.05, 4.69) is 15.0 Å². The SMILES string of the molecule is Cc1c(NS(=O)(=O)C2CC2)ccc(-c2cc(NC(=O)C3CC3)[n+]([O-])c3[nH]ccc23)c1C. The van der Waals surface area contributed by atoms with Crippen molar-refractivity contribution < 1.29 is 17.9 Å². The van der Waals surface area contributed by atoms with Crippen LogP contribution in [0.25, 0.3) is 22.2 Å². The summed E-state index contributed by atoms with van der Waals surface area (Å²) >= 11 is 0. The summed E-state index contributed by atoms with van der Waals surface area (Å²) in [6.07, 6.45) is 4.78. The van der Waals surface area contributed by atoms with E-state index in [1.165, 1.54) is 0 Å². The standard InChI is InChI=1S/C22H24N4O4S/c1-12-13(2)19(25-31(29,30)15-5-6-15)8-7-16(12)18-11-20(24-22(27)14-3-4-14)26(28)21-17(18)9-10-23-21/h7-11,14-15,23,25H,3-6H2,1-2H3,(H,24,27). The number of nitrogens with zero attached hydrogens (tertiary/aromatic N) is 1. The smallest absolute Gasteiger partial charge is 0.283 e. The quantitative estimate of drug-likeness (QED) is 0.402. The number of hydrogen-bond donors (Lipinski definition) is 3. The van der Waals surface area contributed by atoms with Crippen LogP contribution in [0.15, 0.2) is 30.5 Å². The van der Waals surface area contributed by atoms with Crippen molar-refractivity contribution in [2.45, 2.75) is 44.8 Å². The number of carbonyl (C=O) groups is 1. The lowest BCUT2D eigenvalue weighted by Gasteiger charge is -2.18. The molecule has 0 spiro atoms. The van der Waals surface area contributed by atoms with Crippen molar-refractivity contribution in [1.29, 1.82) is 0 Å². The number of amides is 1. The normalized spacial score (nSPS) is 16.5. The van der Waals surface area contributed by atoms with Crippen LogP contribution in [0.4, 0.5) is 11.5 Å². The summed E-state index contributed by atoms with van der Waals surface area (Å²) in [6, 6.07) is 7.14. The molecule has 31 heavy (non-hydrogen) atoms. The van der Waals surface area contributed by atoms with Gasteiger partial charge >= 0.3 is 0 Å². The first-order chi connectivity index (χ1) is 14.8. The third-order valence-electron chi connectivity index (χ3n) is 6.21. The third kappa shape index (κ3) is 3.52. The summed E-state index contributed by atoms with van der Waals surface area (Å²) in [5, 5.41) is 16.0. The third-order valence-corrected chi connectivity index (χ3v) is 8.06. The zero-order valence-corrected chi connectivity index (χ0v) is 18.2. The van der Waals surface area contributed by atoms with E-state index in [1.54, 1.807) is 18.3 Å². The Morgan fingerprint density at radius 2 is 1.84 bits per heavy atom. The van der Waals surface area contributed by atoms with Gasteiger partial charge in [0.1, 0.15) is 0 Å². The number of pyridine rings is 1. The van der Waals surface area contributed by atoms with Crippen molar-refractivity contribution in [3.8, 4) is 11.1 Å². The number of aromatic nitrogens is 2. The molecule has 2 aliphatic carbocycles. The van der Waals surface area contributed by atoms with Crippen LogP contribution in [0, 0.1) is 25.0 Å². The second-order valence-electron chi connectivity index (χ2n) is 8.50. The molecule has 2 aromatic heterocycles. The largest absolute Gasteiger partial charge is 0.740 e. The van der Waals surface area contributed by atoms with Crippen molar-refractivity contribution in [2.75, 3.05) is 10.0 Å². The minimum Gasteiger partial charge on any atom is -0.740 e. The highest BCUT2D eigenvalue weighted by Crippen LogP contribution is 2.37. The molecule has 1 aromatic carbocycles. The minimum atomic E-state index is -3.36. The second kappa shape index (κ2) is 6.98. The fraction of sp³-hybridized carbons (Fsp3) is 0.364. The van der Waals surface area contributed by atoms with E-state index in [0.717, 1.165) is 40.5 Å². The maximum atomic E-state index is 12.8. The maximum absolute atomic E-state index is 12.8. The van der Waals surface area contributed by atoms with Gasteiger partial charge < -0.3 is 5.21 Å². The summed E-state index contributed by atoms with van der Waals surface area (Å²) in [5.74, 6) is 0.0159. The van der Waals surface area contributed by atoms with Crippen molar-refractivity contribution in [3.05, 3.63) is 46.8 Å². The van der Waals surface area contributed by atoms with Gasteiger partial charge in [0.05, 0.1) is 28.4 Å². The Labute approximate surface area is 180 Å². The first-order valence-electron chi connectivity index (χ1n) is 10.4. The molecule has 5 rings (SSSR count). The number of benzene rings is 1. The average molecular weight is 441 g/mol. The molecule has 2 aliphatic rings. The van der Waals surface area contributed by atoms with Crippen LogP contribution >= 0.6 is 0 Å². The fourth-order valence-corrected chi connectivity index (χ4v) is 5.31. The zero-order chi connectivity index (χ0) is 21.9. The van der Waals surface area contributed by atoms with Gasteiger partial charge in [0.2, 0.25) is 21.5 Å². The van der Waals surface area contributed by atoms with Crippen LogP contribution in [0.3, 0.4) is 0 Å². The van der Waals surface area contributed by atoms with E-state index >= 15 is 0 Å². The summed E-state index contributed by atoms with van der Waals surface area (Å²) < 4.78 is 28.2. The van der Waals surface area contributed by atoms with Crippen LogP contribution in [-0.4, -0.2) is 24.6 Å². The van der Waals surface area contributed by atoms with Gasteiger partial charge in [-0.25, -0.2) is 18.5 Å². The molecular formula is C22H24N4O4S. The summed E-state index contributed by atoms with van der Waals surface area (Å²) in [7, 11) is -3.36. The van der Waals surface area contributed by atoms with Crippen LogP contribution in [0.1, 0.15) is 36.8 Å². The number of carbonyl (C=O) groups excluding carboxylic acids is 1. The number of anilines is 2. The molecule has 0 saturated heterocycles. The Bertz CT molecular complexity index is 1320. The number of nitrogens with one attached hydrogen (secondary N) is 3. The lowest BCUT2D eigenvalue weighted by molar-refractivity contribution is -0.563. The van der Waals surface area contributed by atoms with Crippen molar-refractivity contribution in [1.82, 2.24) is 4.98 Å². The highest BCUT2D eigenvalue weighted by atomic mass is 32.2. The molecule has 2 heterocycles. The molecule has 162 valence electrons. The Kier molecular flexibility index (Phi) is 4.47. The summed E-state index contributed by atoms with van der Waals surface area (Å²) in [5.41, 5.74) is 4.33. The molecule has 0 bridgehead atoms. The monoisotopic (exact) mass is 440 g/mol. The Morgan fingerprint density at radius 3 is 2.52 bits per heavy atom. The summed E-state index contributed by atoms with van der Waals surface area (Å²) in [6.45, 7) is 3.81. The molecule has 8 nitrogen and oxygen atoms in total. The molecule has 1 amide bonds. The maximum Gasteiger partial charge on any atom is 0.283 e. The van der Waals surface area contributed by atoms with Gasteiger partial charge in [0.25, 0.3) is 5.91 Å². The van der Waals surface area contributed by atoms with Crippen LogP contribution in [-0.2, 0) is 14.8 Å².